The topological polar surface area (TPSA) is 164 Å². The number of carbonyl (C=O) groups excluding carboxylic acids is 3. The third-order valence-corrected chi connectivity index (χ3v) is 11.8. The first-order valence-electron chi connectivity index (χ1n) is 17.2. The molecule has 0 radical (unpaired) electrons. The molecule has 0 aliphatic rings. The summed E-state index contributed by atoms with van der Waals surface area (Å²) in [6.07, 6.45) is 2.57. The van der Waals surface area contributed by atoms with Crippen molar-refractivity contribution in [2.24, 2.45) is 0 Å². The molecule has 11 nitrogen and oxygen atoms in total. The quantitative estimate of drug-likeness (QED) is 0.111. The lowest BCUT2D eigenvalue weighted by Gasteiger charge is -2.31. The van der Waals surface area contributed by atoms with Gasteiger partial charge in [-0.05, 0) is 54.7 Å². The average molecular weight is 763 g/mol. The molecule has 3 rings (SSSR count). The number of benzene rings is 2. The number of ether oxygens (including phenoxy) is 1. The van der Waals surface area contributed by atoms with Gasteiger partial charge < -0.3 is 25.8 Å². The van der Waals surface area contributed by atoms with Crippen LogP contribution < -0.4 is 16.0 Å². The van der Waals surface area contributed by atoms with Crippen molar-refractivity contribution in [2.45, 2.75) is 81.2 Å². The first-order chi connectivity index (χ1) is 24.9. The molecule has 4 unspecified atom stereocenters. The average Bonchev–Trinajstić information content (AvgIpc) is 3.11. The predicted molar refractivity (Wildman–Crippen MR) is 197 cm³/mol. The van der Waals surface area contributed by atoms with Crippen LogP contribution in [0.15, 0.2) is 73.1 Å². The molecule has 1 aromatic heterocycles. The maximum Gasteiger partial charge on any atom is 0.253 e. The molecule has 15 heteroatoms. The molecule has 0 aliphatic heterocycles. The Labute approximate surface area is 308 Å². The number of methoxy groups -OCH3 is 1. The van der Waals surface area contributed by atoms with Crippen molar-refractivity contribution in [3.63, 3.8) is 0 Å². The van der Waals surface area contributed by atoms with Gasteiger partial charge in [-0.25, -0.2) is 17.2 Å². The Hall–Kier alpha value is -3.92. The number of aromatic nitrogens is 1. The van der Waals surface area contributed by atoms with Crippen LogP contribution in [0.4, 0.5) is 8.78 Å². The van der Waals surface area contributed by atoms with Crippen molar-refractivity contribution >= 4 is 39.3 Å². The van der Waals surface area contributed by atoms with Gasteiger partial charge >= 0.3 is 0 Å². The van der Waals surface area contributed by atoms with Crippen LogP contribution in [0.2, 0.25) is 0 Å². The fourth-order valence-electron chi connectivity index (χ4n) is 5.64. The summed E-state index contributed by atoms with van der Waals surface area (Å²) in [6.45, 7) is 4.07. The second kappa shape index (κ2) is 21.6. The fraction of sp³-hybridized carbons (Fsp3) is 0.459. The molecule has 3 aromatic rings. The predicted octanol–water partition coefficient (Wildman–Crippen LogP) is 3.99. The van der Waals surface area contributed by atoms with Crippen LogP contribution in [0.25, 0.3) is 0 Å². The van der Waals surface area contributed by atoms with Gasteiger partial charge in [0.15, 0.2) is 9.84 Å². The van der Waals surface area contributed by atoms with Gasteiger partial charge in [-0.3, -0.25) is 19.4 Å². The van der Waals surface area contributed by atoms with E-state index in [0.717, 1.165) is 29.5 Å². The van der Waals surface area contributed by atoms with E-state index in [1.54, 1.807) is 12.1 Å². The number of hydrogen-bond donors (Lipinski definition) is 4. The molecule has 4 atom stereocenters. The van der Waals surface area contributed by atoms with E-state index in [2.05, 4.69) is 20.9 Å². The summed E-state index contributed by atoms with van der Waals surface area (Å²) >= 11 is 1.05. The van der Waals surface area contributed by atoms with Crippen molar-refractivity contribution in [2.75, 3.05) is 25.2 Å². The highest BCUT2D eigenvalue weighted by Gasteiger charge is 2.38. The maximum absolute atomic E-state index is 14.3. The van der Waals surface area contributed by atoms with Gasteiger partial charge in [0.2, 0.25) is 11.8 Å². The van der Waals surface area contributed by atoms with Crippen LogP contribution in [0, 0.1) is 11.6 Å². The number of nitrogens with one attached hydrogen (secondary N) is 3. The Morgan fingerprint density at radius 2 is 1.60 bits per heavy atom. The first kappa shape index (κ1) is 42.5. The smallest absolute Gasteiger partial charge is 0.253 e. The molecule has 284 valence electrons. The molecule has 1 heterocycles. The number of aliphatic hydroxyl groups excluding tert-OH is 1. The van der Waals surface area contributed by atoms with Crippen LogP contribution in [0.5, 0.6) is 0 Å². The SMILES string of the molecule is CCCC(CCC)S(=O)(=O)CC(NC(=O)c1cccnc1)C(=O)NC(Cc1cc(F)cc(F)c1)C(O)C(SCCOC)C(=O)NCc1ccccc1. The van der Waals surface area contributed by atoms with E-state index in [9.17, 15) is 36.7 Å². The lowest BCUT2D eigenvalue weighted by atomic mass is 9.97. The summed E-state index contributed by atoms with van der Waals surface area (Å²) in [5.74, 6) is -4.59. The summed E-state index contributed by atoms with van der Waals surface area (Å²) in [7, 11) is -2.48. The molecule has 0 aliphatic carbocycles. The van der Waals surface area contributed by atoms with Crippen molar-refractivity contribution in [1.82, 2.24) is 20.9 Å². The van der Waals surface area contributed by atoms with Crippen LogP contribution in [-0.4, -0.2) is 90.1 Å². The van der Waals surface area contributed by atoms with Gasteiger partial charge in [0.25, 0.3) is 5.91 Å². The van der Waals surface area contributed by atoms with Crippen LogP contribution in [0.3, 0.4) is 0 Å². The van der Waals surface area contributed by atoms with E-state index >= 15 is 0 Å². The molecule has 0 fully saturated rings. The van der Waals surface area contributed by atoms with Crippen molar-refractivity contribution in [3.8, 4) is 0 Å². The van der Waals surface area contributed by atoms with E-state index in [0.29, 0.717) is 31.7 Å². The van der Waals surface area contributed by atoms with Gasteiger partial charge in [-0.1, -0.05) is 57.0 Å². The van der Waals surface area contributed by atoms with Crippen LogP contribution >= 0.6 is 11.8 Å². The molecule has 0 saturated carbocycles. The van der Waals surface area contributed by atoms with Gasteiger partial charge in [-0.2, -0.15) is 0 Å². The molecule has 3 amide bonds. The second-order valence-electron chi connectivity index (χ2n) is 12.4. The number of amides is 3. The third-order valence-electron chi connectivity index (χ3n) is 8.25. The minimum absolute atomic E-state index is 0.0571. The highest BCUT2D eigenvalue weighted by molar-refractivity contribution is 8.00. The number of pyridine rings is 1. The molecule has 52 heavy (non-hydrogen) atoms. The van der Waals surface area contributed by atoms with Crippen LogP contribution in [-0.2, 0) is 37.1 Å². The number of carbonyl (C=O) groups is 3. The molecular formula is C37H48F2N4O7S2. The number of aliphatic hydroxyl groups is 1. The van der Waals surface area contributed by atoms with Crippen molar-refractivity contribution < 1.29 is 41.4 Å². The Balaban J connectivity index is 2.01. The van der Waals surface area contributed by atoms with Crippen molar-refractivity contribution in [3.05, 3.63) is 101 Å². The highest BCUT2D eigenvalue weighted by atomic mass is 32.2. The Morgan fingerprint density at radius 1 is 0.923 bits per heavy atom. The number of halogens is 2. The van der Waals surface area contributed by atoms with Gasteiger partial charge in [-0.15, -0.1) is 11.8 Å². The minimum atomic E-state index is -3.96. The Kier molecular flexibility index (Phi) is 17.6. The van der Waals surface area contributed by atoms with Crippen molar-refractivity contribution in [1.29, 1.82) is 0 Å². The molecule has 0 spiro atoms. The summed E-state index contributed by atoms with van der Waals surface area (Å²) in [5.41, 5.74) is 0.929. The highest BCUT2D eigenvalue weighted by Crippen LogP contribution is 2.22. The lowest BCUT2D eigenvalue weighted by molar-refractivity contribution is -0.126. The summed E-state index contributed by atoms with van der Waals surface area (Å²) in [4.78, 5) is 44.9. The molecule has 4 N–H and O–H groups in total. The number of rotatable bonds is 22. The van der Waals surface area contributed by atoms with E-state index < -0.39 is 73.6 Å². The molecular weight excluding hydrogens is 715 g/mol. The summed E-state index contributed by atoms with van der Waals surface area (Å²) < 4.78 is 61.2. The Bertz CT molecular complexity index is 1660. The van der Waals surface area contributed by atoms with E-state index in [4.69, 9.17) is 4.74 Å². The summed E-state index contributed by atoms with van der Waals surface area (Å²) in [5, 5.41) is 17.8. The maximum atomic E-state index is 14.3. The largest absolute Gasteiger partial charge is 0.389 e. The fourth-order valence-corrected chi connectivity index (χ4v) is 8.94. The zero-order valence-electron chi connectivity index (χ0n) is 29.6. The lowest BCUT2D eigenvalue weighted by Crippen LogP contribution is -2.58. The monoisotopic (exact) mass is 762 g/mol. The zero-order chi connectivity index (χ0) is 38.1. The standard InChI is InChI=1S/C37H48F2N4O7S2/c1-4-10-30(11-5-2)52(48,49)24-32(43-35(45)27-14-9-15-40-23-27)36(46)42-31(20-26-18-28(38)21-29(39)19-26)33(44)34(51-17-16-50-3)37(47)41-22-25-12-7-6-8-13-25/h6-9,12-15,18-19,21,23,30-34,44H,4-5,10-11,16-17,20,22,24H2,1-3H3,(H,41,47)(H,42,46)(H,43,45). The normalized spacial score (nSPS) is 13.9. The van der Waals surface area contributed by atoms with E-state index in [1.807, 2.05) is 32.0 Å². The molecule has 0 bridgehead atoms. The number of thioether (sulfide) groups is 1. The first-order valence-corrected chi connectivity index (χ1v) is 19.9. The van der Waals surface area contributed by atoms with Gasteiger partial charge in [0, 0.05) is 37.9 Å². The van der Waals surface area contributed by atoms with E-state index in [1.165, 1.54) is 31.6 Å². The zero-order valence-corrected chi connectivity index (χ0v) is 31.2. The summed E-state index contributed by atoms with van der Waals surface area (Å²) in [6, 6.07) is 11.7. The van der Waals surface area contributed by atoms with Gasteiger partial charge in [0.05, 0.1) is 35.3 Å². The molecule has 2 aromatic carbocycles. The van der Waals surface area contributed by atoms with Crippen LogP contribution in [0.1, 0.15) is 61.0 Å². The number of hydrogen-bond acceptors (Lipinski definition) is 9. The van der Waals surface area contributed by atoms with Gasteiger partial charge in [0.1, 0.15) is 22.9 Å². The number of nitrogens with zero attached hydrogens (tertiary/aromatic N) is 1. The second-order valence-corrected chi connectivity index (χ2v) is 15.9. The minimum Gasteiger partial charge on any atom is -0.389 e. The molecule has 0 saturated heterocycles. The Morgan fingerprint density at radius 3 is 2.19 bits per heavy atom. The number of sulfone groups is 1. The van der Waals surface area contributed by atoms with E-state index in [-0.39, 0.29) is 36.5 Å². The third kappa shape index (κ3) is 13.6.